The summed E-state index contributed by atoms with van der Waals surface area (Å²) >= 11 is 0. The average Bonchev–Trinajstić information content (AvgIpc) is 3.03. The van der Waals surface area contributed by atoms with E-state index in [2.05, 4.69) is 55.6 Å². The van der Waals surface area contributed by atoms with E-state index >= 15 is 0 Å². The minimum atomic E-state index is 0.138. The lowest BCUT2D eigenvalue weighted by atomic mass is 10.2. The number of fused-ring (bicyclic) bond motifs is 1. The lowest BCUT2D eigenvalue weighted by Gasteiger charge is -2.33. The van der Waals surface area contributed by atoms with E-state index in [0.29, 0.717) is 6.54 Å². The molecule has 1 N–H and O–H groups in total. The van der Waals surface area contributed by atoms with Crippen molar-refractivity contribution in [3.8, 4) is 0 Å². The van der Waals surface area contributed by atoms with E-state index in [0.717, 1.165) is 43.1 Å². The molecule has 25 heavy (non-hydrogen) atoms. The fraction of sp³-hybridized carbons (Fsp3) is 0.389. The summed E-state index contributed by atoms with van der Waals surface area (Å²) in [7, 11) is 1.88. The first-order valence-electron chi connectivity index (χ1n) is 8.54. The minimum Gasteiger partial charge on any atom is -0.374 e. The normalized spacial score (nSPS) is 18.5. The summed E-state index contributed by atoms with van der Waals surface area (Å²) in [5.74, 6) is 0.807. The predicted octanol–water partition coefficient (Wildman–Crippen LogP) is 1.68. The molecule has 4 rings (SSSR count). The Labute approximate surface area is 146 Å². The van der Waals surface area contributed by atoms with Crippen LogP contribution in [0, 0.1) is 0 Å². The molecule has 7 heteroatoms. The van der Waals surface area contributed by atoms with Crippen molar-refractivity contribution >= 4 is 16.9 Å². The molecule has 130 valence electrons. The molecule has 2 aromatic heterocycles. The second-order valence-corrected chi connectivity index (χ2v) is 6.32. The van der Waals surface area contributed by atoms with Crippen LogP contribution in [0.5, 0.6) is 0 Å². The van der Waals surface area contributed by atoms with Gasteiger partial charge in [0.2, 0.25) is 0 Å². The number of nitrogens with zero attached hydrogens (tertiary/aromatic N) is 5. The first kappa shape index (κ1) is 16.0. The molecule has 0 amide bonds. The SMILES string of the molecule is Cn1ncc2c(NCC3CN(Cc4ccccc4)CCO3)ncnc21. The molecule has 0 saturated carbocycles. The monoisotopic (exact) mass is 338 g/mol. The van der Waals surface area contributed by atoms with Crippen molar-refractivity contribution in [2.24, 2.45) is 7.05 Å². The van der Waals surface area contributed by atoms with Gasteiger partial charge >= 0.3 is 0 Å². The molecule has 0 radical (unpaired) electrons. The summed E-state index contributed by atoms with van der Waals surface area (Å²) in [5, 5.41) is 8.58. The Balaban J connectivity index is 1.37. The van der Waals surface area contributed by atoms with Crippen LogP contribution >= 0.6 is 0 Å². The molecule has 1 saturated heterocycles. The molecule has 3 heterocycles. The summed E-state index contributed by atoms with van der Waals surface area (Å²) < 4.78 is 7.67. The molecule has 0 aliphatic carbocycles. The summed E-state index contributed by atoms with van der Waals surface area (Å²) in [6, 6.07) is 10.6. The second-order valence-electron chi connectivity index (χ2n) is 6.32. The largest absolute Gasteiger partial charge is 0.374 e. The van der Waals surface area contributed by atoms with E-state index in [1.165, 1.54) is 5.56 Å². The minimum absolute atomic E-state index is 0.138. The molecule has 7 nitrogen and oxygen atoms in total. The highest BCUT2D eigenvalue weighted by molar-refractivity contribution is 5.85. The zero-order valence-electron chi connectivity index (χ0n) is 14.3. The Kier molecular flexibility index (Phi) is 4.58. The van der Waals surface area contributed by atoms with Crippen molar-refractivity contribution in [3.05, 3.63) is 48.4 Å². The molecule has 3 aromatic rings. The third-order valence-corrected chi connectivity index (χ3v) is 4.50. The fourth-order valence-corrected chi connectivity index (χ4v) is 3.20. The maximum absolute atomic E-state index is 5.92. The number of ether oxygens (including phenoxy) is 1. The van der Waals surface area contributed by atoms with Crippen molar-refractivity contribution < 1.29 is 4.74 Å². The molecule has 1 atom stereocenters. The van der Waals surface area contributed by atoms with Crippen molar-refractivity contribution in [3.63, 3.8) is 0 Å². The lowest BCUT2D eigenvalue weighted by Crippen LogP contribution is -2.44. The van der Waals surface area contributed by atoms with Gasteiger partial charge in [-0.05, 0) is 5.56 Å². The Bertz CT molecular complexity index is 834. The van der Waals surface area contributed by atoms with Crippen molar-refractivity contribution in [2.75, 3.05) is 31.6 Å². The number of aryl methyl sites for hydroxylation is 1. The summed E-state index contributed by atoms with van der Waals surface area (Å²) in [4.78, 5) is 11.0. The van der Waals surface area contributed by atoms with E-state index in [4.69, 9.17) is 4.74 Å². The smallest absolute Gasteiger partial charge is 0.163 e. The van der Waals surface area contributed by atoms with Crippen LogP contribution in [-0.4, -0.2) is 57.0 Å². The number of aromatic nitrogens is 4. The number of nitrogens with one attached hydrogen (secondary N) is 1. The first-order valence-corrected chi connectivity index (χ1v) is 8.54. The van der Waals surface area contributed by atoms with Crippen LogP contribution in [0.1, 0.15) is 5.56 Å². The van der Waals surface area contributed by atoms with Gasteiger partial charge in [0.1, 0.15) is 12.1 Å². The van der Waals surface area contributed by atoms with Gasteiger partial charge in [-0.3, -0.25) is 9.58 Å². The number of morpholine rings is 1. The Morgan fingerprint density at radius 1 is 1.24 bits per heavy atom. The molecular formula is C18H22N6O. The second kappa shape index (κ2) is 7.16. The first-order chi connectivity index (χ1) is 12.3. The highest BCUT2D eigenvalue weighted by atomic mass is 16.5. The quantitative estimate of drug-likeness (QED) is 0.763. The summed E-state index contributed by atoms with van der Waals surface area (Å²) in [6.07, 6.45) is 3.50. The maximum atomic E-state index is 5.92. The van der Waals surface area contributed by atoms with Gasteiger partial charge in [-0.2, -0.15) is 5.10 Å². The maximum Gasteiger partial charge on any atom is 0.163 e. The number of hydrogen-bond donors (Lipinski definition) is 1. The molecule has 1 aliphatic heterocycles. The van der Waals surface area contributed by atoms with Gasteiger partial charge in [0.15, 0.2) is 5.65 Å². The molecular weight excluding hydrogens is 316 g/mol. The van der Waals surface area contributed by atoms with Gasteiger partial charge in [0, 0.05) is 33.2 Å². The van der Waals surface area contributed by atoms with E-state index in [9.17, 15) is 0 Å². The van der Waals surface area contributed by atoms with Crippen molar-refractivity contribution in [1.82, 2.24) is 24.6 Å². The predicted molar refractivity (Wildman–Crippen MR) is 96.3 cm³/mol. The van der Waals surface area contributed by atoms with E-state index in [1.54, 1.807) is 17.2 Å². The third kappa shape index (κ3) is 3.62. The molecule has 1 aliphatic rings. The van der Waals surface area contributed by atoms with Gasteiger partial charge in [-0.15, -0.1) is 0 Å². The number of rotatable bonds is 5. The molecule has 1 aromatic carbocycles. The van der Waals surface area contributed by atoms with E-state index < -0.39 is 0 Å². The summed E-state index contributed by atoms with van der Waals surface area (Å²) in [5.41, 5.74) is 2.16. The van der Waals surface area contributed by atoms with E-state index in [-0.39, 0.29) is 6.10 Å². The highest BCUT2D eigenvalue weighted by Crippen LogP contribution is 2.18. The Morgan fingerprint density at radius 3 is 3.00 bits per heavy atom. The standard InChI is InChI=1S/C18H22N6O/c1-23-18-16(10-22-23)17(20-13-21-18)19-9-15-12-24(7-8-25-15)11-14-5-3-2-4-6-14/h2-6,10,13,15H,7-9,11-12H2,1H3,(H,19,20,21). The topological polar surface area (TPSA) is 68.1 Å². The Morgan fingerprint density at radius 2 is 2.12 bits per heavy atom. The number of hydrogen-bond acceptors (Lipinski definition) is 6. The van der Waals surface area contributed by atoms with Crippen LogP contribution in [0.3, 0.4) is 0 Å². The highest BCUT2D eigenvalue weighted by Gasteiger charge is 2.21. The van der Waals surface area contributed by atoms with Crippen molar-refractivity contribution in [2.45, 2.75) is 12.6 Å². The fourth-order valence-electron chi connectivity index (χ4n) is 3.20. The molecule has 0 spiro atoms. The van der Waals surface area contributed by atoms with Crippen LogP contribution in [0.15, 0.2) is 42.9 Å². The zero-order chi connectivity index (χ0) is 17.1. The molecule has 1 unspecified atom stereocenters. The molecule has 1 fully saturated rings. The van der Waals surface area contributed by atoms with Gasteiger partial charge in [0.05, 0.1) is 24.3 Å². The number of anilines is 1. The van der Waals surface area contributed by atoms with Crippen LogP contribution in [-0.2, 0) is 18.3 Å². The Hall–Kier alpha value is -2.51. The van der Waals surface area contributed by atoms with E-state index in [1.807, 2.05) is 7.05 Å². The van der Waals surface area contributed by atoms with Gasteiger partial charge in [0.25, 0.3) is 0 Å². The van der Waals surface area contributed by atoms with Gasteiger partial charge in [-0.1, -0.05) is 30.3 Å². The number of benzene rings is 1. The zero-order valence-corrected chi connectivity index (χ0v) is 14.3. The van der Waals surface area contributed by atoms with Crippen LogP contribution < -0.4 is 5.32 Å². The van der Waals surface area contributed by atoms with Crippen molar-refractivity contribution in [1.29, 1.82) is 0 Å². The van der Waals surface area contributed by atoms with Crippen LogP contribution in [0.2, 0.25) is 0 Å². The van der Waals surface area contributed by atoms with Crippen LogP contribution in [0.4, 0.5) is 5.82 Å². The van der Waals surface area contributed by atoms with Gasteiger partial charge in [-0.25, -0.2) is 9.97 Å². The van der Waals surface area contributed by atoms with Gasteiger partial charge < -0.3 is 10.1 Å². The molecule has 0 bridgehead atoms. The third-order valence-electron chi connectivity index (χ3n) is 4.50. The summed E-state index contributed by atoms with van der Waals surface area (Å²) in [6.45, 7) is 4.30. The average molecular weight is 338 g/mol. The lowest BCUT2D eigenvalue weighted by molar-refractivity contribution is -0.0240. The van der Waals surface area contributed by atoms with Crippen LogP contribution in [0.25, 0.3) is 11.0 Å².